The number of thiophene rings is 1. The van der Waals surface area contributed by atoms with E-state index in [0.29, 0.717) is 41.0 Å². The summed E-state index contributed by atoms with van der Waals surface area (Å²) in [6.45, 7) is 3.54. The van der Waals surface area contributed by atoms with E-state index in [1.807, 2.05) is 11.9 Å². The maximum atomic E-state index is 12.5. The molecule has 0 aromatic carbocycles. The third-order valence-corrected chi connectivity index (χ3v) is 7.22. The lowest BCUT2D eigenvalue weighted by atomic mass is 9.80. The van der Waals surface area contributed by atoms with E-state index >= 15 is 0 Å². The molecule has 2 N–H and O–H groups in total. The van der Waals surface area contributed by atoms with Crippen LogP contribution in [0.3, 0.4) is 0 Å². The van der Waals surface area contributed by atoms with Gasteiger partial charge in [0.15, 0.2) is 0 Å². The molecule has 11 heteroatoms. The average Bonchev–Trinajstić information content (AvgIpc) is 3.19. The first-order valence-corrected chi connectivity index (χ1v) is 14.0. The van der Waals surface area contributed by atoms with Crippen LogP contribution in [0.1, 0.15) is 55.1 Å². The van der Waals surface area contributed by atoms with Gasteiger partial charge in [-0.05, 0) is 44.2 Å². The van der Waals surface area contributed by atoms with Crippen LogP contribution in [0.2, 0.25) is 4.34 Å². The summed E-state index contributed by atoms with van der Waals surface area (Å²) in [6.07, 6.45) is 5.91. The molecule has 1 heterocycles. The van der Waals surface area contributed by atoms with Crippen molar-refractivity contribution in [3.63, 3.8) is 0 Å². The Balaban J connectivity index is 1.80. The molecule has 0 unspecified atom stereocenters. The molecule has 1 aliphatic rings. The summed E-state index contributed by atoms with van der Waals surface area (Å²) in [7, 11) is -1.60. The van der Waals surface area contributed by atoms with Crippen LogP contribution in [-0.2, 0) is 14.8 Å². The van der Waals surface area contributed by atoms with E-state index in [1.165, 1.54) is 11.3 Å². The number of amidine groups is 1. The molecule has 2 amide bonds. The minimum atomic E-state index is -3.49. The minimum Gasteiger partial charge on any atom is -0.362 e. The van der Waals surface area contributed by atoms with Crippen molar-refractivity contribution >= 4 is 50.6 Å². The lowest BCUT2D eigenvalue weighted by molar-refractivity contribution is -0.126. The van der Waals surface area contributed by atoms with Gasteiger partial charge in [-0.25, -0.2) is 8.42 Å². The quantitative estimate of drug-likeness (QED) is 0.289. The molecule has 0 atom stereocenters. The van der Waals surface area contributed by atoms with Crippen molar-refractivity contribution in [2.75, 3.05) is 32.9 Å². The average molecular weight is 505 g/mol. The largest absolute Gasteiger partial charge is 0.362 e. The van der Waals surface area contributed by atoms with E-state index in [-0.39, 0.29) is 23.7 Å². The van der Waals surface area contributed by atoms with Crippen molar-refractivity contribution in [1.29, 1.82) is 0 Å². The summed E-state index contributed by atoms with van der Waals surface area (Å²) < 4.78 is 28.2. The molecule has 32 heavy (non-hydrogen) atoms. The van der Waals surface area contributed by atoms with Gasteiger partial charge in [0.05, 0.1) is 15.5 Å². The second-order valence-corrected chi connectivity index (χ2v) is 11.5. The minimum absolute atomic E-state index is 0.0298. The first-order valence-electron chi connectivity index (χ1n) is 10.9. The summed E-state index contributed by atoms with van der Waals surface area (Å²) in [5.41, 5.74) is 0. The molecule has 1 fully saturated rings. The van der Waals surface area contributed by atoms with E-state index in [1.54, 1.807) is 12.1 Å². The van der Waals surface area contributed by atoms with Gasteiger partial charge in [-0.3, -0.25) is 9.59 Å². The third kappa shape index (κ3) is 8.71. The van der Waals surface area contributed by atoms with Crippen molar-refractivity contribution in [2.24, 2.45) is 16.2 Å². The zero-order chi connectivity index (χ0) is 23.7. The highest BCUT2D eigenvalue weighted by molar-refractivity contribution is 7.89. The molecule has 8 nitrogen and oxygen atoms in total. The molecule has 0 bridgehead atoms. The van der Waals surface area contributed by atoms with Crippen molar-refractivity contribution < 1.29 is 18.0 Å². The van der Waals surface area contributed by atoms with Gasteiger partial charge in [-0.1, -0.05) is 24.9 Å². The molecular formula is C21H33ClN4O4S2. The second-order valence-electron chi connectivity index (χ2n) is 8.16. The molecule has 1 saturated carbocycles. The van der Waals surface area contributed by atoms with Crippen LogP contribution in [0.4, 0.5) is 0 Å². The third-order valence-electron chi connectivity index (χ3n) is 5.47. The fourth-order valence-corrected chi connectivity index (χ4v) is 5.37. The Hall–Kier alpha value is -1.65. The molecule has 1 aromatic heterocycles. The van der Waals surface area contributed by atoms with E-state index in [9.17, 15) is 18.0 Å². The fraction of sp³-hybridized carbons (Fsp3) is 0.667. The maximum absolute atomic E-state index is 12.5. The summed E-state index contributed by atoms with van der Waals surface area (Å²) in [4.78, 5) is 27.0. The van der Waals surface area contributed by atoms with Crippen LogP contribution in [0.15, 0.2) is 16.5 Å². The van der Waals surface area contributed by atoms with E-state index in [2.05, 4.69) is 22.0 Å². The molecule has 0 spiro atoms. The highest BCUT2D eigenvalue weighted by Crippen LogP contribution is 2.31. The second kappa shape index (κ2) is 12.6. The van der Waals surface area contributed by atoms with Crippen LogP contribution < -0.4 is 10.6 Å². The summed E-state index contributed by atoms with van der Waals surface area (Å²) >= 11 is 7.05. The van der Waals surface area contributed by atoms with Gasteiger partial charge in [0, 0.05) is 38.5 Å². The lowest BCUT2D eigenvalue weighted by Gasteiger charge is -2.32. The van der Waals surface area contributed by atoms with E-state index < -0.39 is 10.0 Å². The first kappa shape index (κ1) is 26.6. The molecule has 0 saturated heterocycles. The Labute approximate surface area is 199 Å². The molecule has 1 aromatic rings. The maximum Gasteiger partial charge on any atom is 0.261 e. The SMILES string of the molecule is CCCCN(C)/C(=N\S(C)(=O)=O)C1CCC(C(=O)NCCNC(=O)c2ccc(Cl)s2)CC1. The molecule has 1 aliphatic carbocycles. The Bertz CT molecular complexity index is 909. The van der Waals surface area contributed by atoms with Gasteiger partial charge < -0.3 is 15.5 Å². The molecule has 0 aliphatic heterocycles. The van der Waals surface area contributed by atoms with Crippen molar-refractivity contribution in [1.82, 2.24) is 15.5 Å². The number of amides is 2. The Morgan fingerprint density at radius 1 is 1.16 bits per heavy atom. The zero-order valence-electron chi connectivity index (χ0n) is 18.9. The number of halogens is 1. The number of nitrogens with zero attached hydrogens (tertiary/aromatic N) is 2. The van der Waals surface area contributed by atoms with Crippen LogP contribution in [-0.4, -0.2) is 63.9 Å². The first-order chi connectivity index (χ1) is 15.1. The lowest BCUT2D eigenvalue weighted by Crippen LogP contribution is -2.41. The van der Waals surface area contributed by atoms with Gasteiger partial charge in [0.25, 0.3) is 15.9 Å². The fourth-order valence-electron chi connectivity index (χ4n) is 3.78. The van der Waals surface area contributed by atoms with Gasteiger partial charge in [0.1, 0.15) is 5.84 Å². The highest BCUT2D eigenvalue weighted by Gasteiger charge is 2.30. The Morgan fingerprint density at radius 2 is 1.78 bits per heavy atom. The zero-order valence-corrected chi connectivity index (χ0v) is 21.3. The number of unbranched alkanes of at least 4 members (excludes halogenated alkanes) is 1. The number of carbonyl (C=O) groups is 2. The number of rotatable bonds is 10. The number of hydrogen-bond donors (Lipinski definition) is 2. The predicted octanol–water partition coefficient (Wildman–Crippen LogP) is 3.14. The monoisotopic (exact) mass is 504 g/mol. The van der Waals surface area contributed by atoms with Crippen molar-refractivity contribution in [3.05, 3.63) is 21.3 Å². The predicted molar refractivity (Wildman–Crippen MR) is 130 cm³/mol. The highest BCUT2D eigenvalue weighted by atomic mass is 35.5. The summed E-state index contributed by atoms with van der Waals surface area (Å²) in [6, 6.07) is 3.34. The molecule has 2 rings (SSSR count). The summed E-state index contributed by atoms with van der Waals surface area (Å²) in [5.74, 6) is 0.293. The van der Waals surface area contributed by atoms with Gasteiger partial charge in [0.2, 0.25) is 5.91 Å². The smallest absolute Gasteiger partial charge is 0.261 e. The number of sulfonamides is 1. The van der Waals surface area contributed by atoms with Crippen LogP contribution in [0.25, 0.3) is 0 Å². The van der Waals surface area contributed by atoms with Crippen LogP contribution in [0, 0.1) is 11.8 Å². The van der Waals surface area contributed by atoms with Crippen LogP contribution >= 0.6 is 22.9 Å². The Morgan fingerprint density at radius 3 is 2.34 bits per heavy atom. The van der Waals surface area contributed by atoms with Crippen LogP contribution in [0.5, 0.6) is 0 Å². The summed E-state index contributed by atoms with van der Waals surface area (Å²) in [5, 5.41) is 5.65. The van der Waals surface area contributed by atoms with Gasteiger partial charge in [-0.2, -0.15) is 4.40 Å². The molecule has 180 valence electrons. The topological polar surface area (TPSA) is 108 Å². The van der Waals surface area contributed by atoms with E-state index in [4.69, 9.17) is 11.6 Å². The number of nitrogens with one attached hydrogen (secondary N) is 2. The van der Waals surface area contributed by atoms with E-state index in [0.717, 1.165) is 38.5 Å². The number of hydrogen-bond acceptors (Lipinski definition) is 5. The van der Waals surface area contributed by atoms with Crippen molar-refractivity contribution in [2.45, 2.75) is 45.4 Å². The number of carbonyl (C=O) groups excluding carboxylic acids is 2. The standard InChI is InChI=1S/C21H33ClN4O4S2/c1-4-5-14-26(2)19(25-32(3,29)30)15-6-8-16(9-7-15)20(27)23-12-13-24-21(28)17-10-11-18(22)31-17/h10-11,15-16H,4-9,12-14H2,1-3H3,(H,23,27)(H,24,28)/b25-19-. The van der Waals surface area contributed by atoms with Gasteiger partial charge in [-0.15, -0.1) is 11.3 Å². The molecular weight excluding hydrogens is 472 g/mol. The molecule has 0 radical (unpaired) electrons. The normalized spacial score (nSPS) is 19.4. The van der Waals surface area contributed by atoms with Crippen molar-refractivity contribution in [3.8, 4) is 0 Å². The van der Waals surface area contributed by atoms with Gasteiger partial charge >= 0.3 is 0 Å². The Kier molecular flexibility index (Phi) is 10.4.